The lowest BCUT2D eigenvalue weighted by Crippen LogP contribution is -2.42. The molecule has 1 rings (SSSR count). The maximum atomic E-state index is 6.30. The maximum absolute atomic E-state index is 6.30. The predicted octanol–water partition coefficient (Wildman–Crippen LogP) is 3.55. The van der Waals surface area contributed by atoms with Gasteiger partial charge in [0.2, 0.25) is 0 Å². The van der Waals surface area contributed by atoms with Gasteiger partial charge in [0.25, 0.3) is 0 Å². The van der Waals surface area contributed by atoms with Crippen molar-refractivity contribution in [2.24, 2.45) is 4.99 Å². The van der Waals surface area contributed by atoms with Crippen LogP contribution < -0.4 is 20.1 Å². The average molecular weight is 374 g/mol. The number of nitrogens with zero attached hydrogens (tertiary/aromatic N) is 1. The number of aliphatic imine (C=N–C) groups is 1. The van der Waals surface area contributed by atoms with Gasteiger partial charge in [0.1, 0.15) is 0 Å². The minimum Gasteiger partial charge on any atom is -0.493 e. The van der Waals surface area contributed by atoms with Gasteiger partial charge in [-0.25, -0.2) is 0 Å². The van der Waals surface area contributed by atoms with Gasteiger partial charge in [-0.15, -0.1) is 0 Å². The van der Waals surface area contributed by atoms with Gasteiger partial charge in [-0.1, -0.05) is 11.6 Å². The highest BCUT2D eigenvalue weighted by Gasteiger charge is 2.16. The van der Waals surface area contributed by atoms with Crippen LogP contribution in [-0.4, -0.2) is 44.3 Å². The summed E-state index contributed by atoms with van der Waals surface area (Å²) >= 11 is 8.11. The molecule has 1 aromatic carbocycles. The Labute approximate surface area is 154 Å². The van der Waals surface area contributed by atoms with E-state index >= 15 is 0 Å². The lowest BCUT2D eigenvalue weighted by molar-refractivity contribution is 0.311. The third-order valence-electron chi connectivity index (χ3n) is 3.50. The van der Waals surface area contributed by atoms with Crippen molar-refractivity contribution >= 4 is 29.3 Å². The Hall–Kier alpha value is -1.27. The number of rotatable bonds is 8. The lowest BCUT2D eigenvalue weighted by atomic mass is 10.2. The van der Waals surface area contributed by atoms with E-state index in [9.17, 15) is 0 Å². The van der Waals surface area contributed by atoms with Crippen LogP contribution in [0.2, 0.25) is 5.02 Å². The second-order valence-corrected chi connectivity index (χ2v) is 7.71. The van der Waals surface area contributed by atoms with Crippen molar-refractivity contribution < 1.29 is 9.47 Å². The zero-order chi connectivity index (χ0) is 18.2. The Morgan fingerprint density at radius 1 is 1.33 bits per heavy atom. The zero-order valence-corrected chi connectivity index (χ0v) is 16.9. The number of halogens is 1. The molecule has 0 bridgehead atoms. The van der Waals surface area contributed by atoms with E-state index in [0.717, 1.165) is 18.1 Å². The van der Waals surface area contributed by atoms with Crippen LogP contribution in [-0.2, 0) is 6.54 Å². The number of ether oxygens (including phenoxy) is 2. The Morgan fingerprint density at radius 3 is 2.58 bits per heavy atom. The summed E-state index contributed by atoms with van der Waals surface area (Å²) < 4.78 is 11.0. The molecule has 0 aromatic heterocycles. The summed E-state index contributed by atoms with van der Waals surface area (Å²) in [7, 11) is 3.36. The SMILES string of the molecule is CCOc1c(Cl)cc(CNC(=NC)NCC(C)(C)SC)cc1OC. The van der Waals surface area contributed by atoms with Crippen LogP contribution in [0.25, 0.3) is 0 Å². The van der Waals surface area contributed by atoms with E-state index < -0.39 is 0 Å². The summed E-state index contributed by atoms with van der Waals surface area (Å²) in [5, 5.41) is 7.16. The molecule has 0 aliphatic rings. The molecule has 24 heavy (non-hydrogen) atoms. The number of benzene rings is 1. The number of thioether (sulfide) groups is 1. The highest BCUT2D eigenvalue weighted by molar-refractivity contribution is 7.99. The smallest absolute Gasteiger partial charge is 0.191 e. The Kier molecular flexibility index (Phi) is 8.56. The van der Waals surface area contributed by atoms with Gasteiger partial charge < -0.3 is 20.1 Å². The van der Waals surface area contributed by atoms with Gasteiger partial charge in [0, 0.05) is 24.9 Å². The molecule has 0 radical (unpaired) electrons. The van der Waals surface area contributed by atoms with Gasteiger partial charge in [-0.3, -0.25) is 4.99 Å². The van der Waals surface area contributed by atoms with Crippen LogP contribution in [0.3, 0.4) is 0 Å². The summed E-state index contributed by atoms with van der Waals surface area (Å²) in [6, 6.07) is 3.80. The summed E-state index contributed by atoms with van der Waals surface area (Å²) in [6.07, 6.45) is 2.10. The molecule has 136 valence electrons. The van der Waals surface area contributed by atoms with Crippen molar-refractivity contribution in [3.8, 4) is 11.5 Å². The summed E-state index contributed by atoms with van der Waals surface area (Å²) in [5.41, 5.74) is 0.993. The molecule has 7 heteroatoms. The number of hydrogen-bond acceptors (Lipinski definition) is 4. The third kappa shape index (κ3) is 6.32. The summed E-state index contributed by atoms with van der Waals surface area (Å²) in [4.78, 5) is 4.25. The summed E-state index contributed by atoms with van der Waals surface area (Å²) in [5.74, 6) is 1.96. The quantitative estimate of drug-likeness (QED) is 0.539. The van der Waals surface area contributed by atoms with Crippen LogP contribution in [0.15, 0.2) is 17.1 Å². The molecule has 0 unspecified atom stereocenters. The topological polar surface area (TPSA) is 54.9 Å². The normalized spacial score (nSPS) is 12.0. The van der Waals surface area contributed by atoms with Gasteiger partial charge in [-0.2, -0.15) is 11.8 Å². The molecular formula is C17H28ClN3O2S. The van der Waals surface area contributed by atoms with Crippen molar-refractivity contribution in [3.05, 3.63) is 22.7 Å². The Bertz CT molecular complexity index is 565. The van der Waals surface area contributed by atoms with E-state index in [1.807, 2.05) is 30.8 Å². The van der Waals surface area contributed by atoms with Gasteiger partial charge in [0.15, 0.2) is 17.5 Å². The van der Waals surface area contributed by atoms with Crippen LogP contribution >= 0.6 is 23.4 Å². The standard InChI is InChI=1S/C17H28ClN3O2S/c1-7-23-15-13(18)8-12(9-14(15)22-5)10-20-16(19-4)21-11-17(2,3)24-6/h8-9H,7,10-11H2,1-6H3,(H2,19,20,21). The molecule has 0 aliphatic heterocycles. The average Bonchev–Trinajstić information content (AvgIpc) is 2.57. The molecule has 1 aromatic rings. The first-order valence-corrected chi connectivity index (χ1v) is 9.46. The van der Waals surface area contributed by atoms with Crippen molar-refractivity contribution in [2.75, 3.05) is 33.6 Å². The molecule has 0 saturated heterocycles. The number of hydrogen-bond donors (Lipinski definition) is 2. The van der Waals surface area contributed by atoms with Crippen molar-refractivity contribution in [1.29, 1.82) is 0 Å². The first kappa shape index (κ1) is 20.8. The van der Waals surface area contributed by atoms with Gasteiger partial charge in [0.05, 0.1) is 18.7 Å². The molecule has 0 heterocycles. The molecule has 0 saturated carbocycles. The lowest BCUT2D eigenvalue weighted by Gasteiger charge is -2.23. The Balaban J connectivity index is 2.73. The van der Waals surface area contributed by atoms with Crippen LogP contribution in [0.4, 0.5) is 0 Å². The second-order valence-electron chi connectivity index (χ2n) is 5.79. The summed E-state index contributed by atoms with van der Waals surface area (Å²) in [6.45, 7) is 8.24. The molecule has 0 amide bonds. The molecule has 0 fully saturated rings. The molecule has 0 atom stereocenters. The minimum atomic E-state index is 0.142. The molecule has 2 N–H and O–H groups in total. The Morgan fingerprint density at radius 2 is 2.04 bits per heavy atom. The predicted molar refractivity (Wildman–Crippen MR) is 105 cm³/mol. The van der Waals surface area contributed by atoms with Gasteiger partial charge in [-0.05, 0) is 44.7 Å². The van der Waals surface area contributed by atoms with E-state index in [4.69, 9.17) is 21.1 Å². The maximum Gasteiger partial charge on any atom is 0.191 e. The van der Waals surface area contributed by atoms with E-state index in [0.29, 0.717) is 29.7 Å². The van der Waals surface area contributed by atoms with Crippen molar-refractivity contribution in [1.82, 2.24) is 10.6 Å². The highest BCUT2D eigenvalue weighted by Crippen LogP contribution is 2.36. The van der Waals surface area contributed by atoms with Crippen LogP contribution in [0.1, 0.15) is 26.3 Å². The fourth-order valence-corrected chi connectivity index (χ4v) is 2.44. The van der Waals surface area contributed by atoms with Gasteiger partial charge >= 0.3 is 0 Å². The number of guanidine groups is 1. The molecular weight excluding hydrogens is 346 g/mol. The second kappa shape index (κ2) is 9.89. The molecule has 5 nitrogen and oxygen atoms in total. The first-order valence-electron chi connectivity index (χ1n) is 7.85. The van der Waals surface area contributed by atoms with E-state index in [2.05, 4.69) is 35.7 Å². The van der Waals surface area contributed by atoms with Crippen molar-refractivity contribution in [2.45, 2.75) is 32.1 Å². The first-order chi connectivity index (χ1) is 11.4. The number of nitrogens with one attached hydrogen (secondary N) is 2. The third-order valence-corrected chi connectivity index (χ3v) is 5.03. The monoisotopic (exact) mass is 373 g/mol. The van der Waals surface area contributed by atoms with Crippen LogP contribution in [0, 0.1) is 0 Å². The molecule has 0 aliphatic carbocycles. The van der Waals surface area contributed by atoms with E-state index in [1.54, 1.807) is 14.2 Å². The minimum absolute atomic E-state index is 0.142. The zero-order valence-electron chi connectivity index (χ0n) is 15.3. The fraction of sp³-hybridized carbons (Fsp3) is 0.588. The highest BCUT2D eigenvalue weighted by atomic mass is 35.5. The largest absolute Gasteiger partial charge is 0.493 e. The molecule has 0 spiro atoms. The number of methoxy groups -OCH3 is 1. The van der Waals surface area contributed by atoms with Crippen molar-refractivity contribution in [3.63, 3.8) is 0 Å². The van der Waals surface area contributed by atoms with E-state index in [1.165, 1.54) is 0 Å². The van der Waals surface area contributed by atoms with E-state index in [-0.39, 0.29) is 4.75 Å². The fourth-order valence-electron chi connectivity index (χ4n) is 1.93. The van der Waals surface area contributed by atoms with Crippen LogP contribution in [0.5, 0.6) is 11.5 Å².